The lowest BCUT2D eigenvalue weighted by Gasteiger charge is -2.42. The minimum atomic E-state index is -0.322. The van der Waals surface area contributed by atoms with Crippen LogP contribution in [0.1, 0.15) is 44.7 Å². The van der Waals surface area contributed by atoms with Crippen LogP contribution in [0.4, 0.5) is 11.5 Å². The number of rotatable bonds is 7. The molecule has 6 rings (SSSR count). The molecule has 2 saturated heterocycles. The van der Waals surface area contributed by atoms with Crippen molar-refractivity contribution in [1.82, 2.24) is 24.8 Å². The standard InChI is InChI=1S/C31H43N7O3/c1-4-25-31(41-23-7-6-22(39)18-23)35-28-24(19-33-30(32)29(28)34-25)20-5-8-26(27(17-20)40-3)38-11-9-21(10-12-38)37-15-13-36(2)14-16-37/h5,8,17,19,21-23,39H,4,6-7,9-16,18H2,1-3H3,(H2,32,33). The lowest BCUT2D eigenvalue weighted by atomic mass is 10.00. The smallest absolute Gasteiger partial charge is 0.236 e. The first-order valence-electron chi connectivity index (χ1n) is 15.1. The predicted octanol–water partition coefficient (Wildman–Crippen LogP) is 3.35. The number of aromatic nitrogens is 3. The Balaban J connectivity index is 1.26. The summed E-state index contributed by atoms with van der Waals surface area (Å²) in [5.41, 5.74) is 11.2. The zero-order valence-corrected chi connectivity index (χ0v) is 24.6. The van der Waals surface area contributed by atoms with Gasteiger partial charge in [-0.05, 0) is 56.8 Å². The number of methoxy groups -OCH3 is 1. The molecular weight excluding hydrogens is 518 g/mol. The Labute approximate surface area is 242 Å². The number of likely N-dealkylation sites (N-methyl/N-ethyl adjacent to an activating group) is 1. The number of hydrogen-bond donors (Lipinski definition) is 2. The summed E-state index contributed by atoms with van der Waals surface area (Å²) in [6.07, 6.45) is 6.52. The summed E-state index contributed by atoms with van der Waals surface area (Å²) in [6.45, 7) is 8.71. The van der Waals surface area contributed by atoms with E-state index in [9.17, 15) is 5.11 Å². The molecule has 1 aromatic carbocycles. The highest BCUT2D eigenvalue weighted by atomic mass is 16.5. The zero-order chi connectivity index (χ0) is 28.5. The molecule has 0 spiro atoms. The third-order valence-corrected chi connectivity index (χ3v) is 9.08. The van der Waals surface area contributed by atoms with E-state index in [1.807, 2.05) is 6.92 Å². The molecule has 3 aromatic rings. The van der Waals surface area contributed by atoms with Gasteiger partial charge in [0.1, 0.15) is 28.6 Å². The first-order valence-corrected chi connectivity index (χ1v) is 15.1. The van der Waals surface area contributed by atoms with Gasteiger partial charge in [-0.15, -0.1) is 0 Å². The van der Waals surface area contributed by atoms with Gasteiger partial charge < -0.3 is 30.1 Å². The molecule has 0 amide bonds. The van der Waals surface area contributed by atoms with Gasteiger partial charge in [-0.2, -0.15) is 0 Å². The third-order valence-electron chi connectivity index (χ3n) is 9.08. The number of anilines is 2. The van der Waals surface area contributed by atoms with Crippen LogP contribution in [0.25, 0.3) is 22.2 Å². The molecular formula is C31H43N7O3. The van der Waals surface area contributed by atoms with Crippen molar-refractivity contribution in [2.45, 2.75) is 63.7 Å². The number of piperazine rings is 1. The molecule has 2 aliphatic heterocycles. The molecule has 0 bridgehead atoms. The number of nitrogen functional groups attached to an aromatic ring is 1. The number of fused-ring (bicyclic) bond motifs is 1. The Hall–Kier alpha value is -3.21. The Morgan fingerprint density at radius 1 is 1.00 bits per heavy atom. The molecule has 4 heterocycles. The topological polar surface area (TPSA) is 113 Å². The SMILES string of the molecule is CCc1nc2c(N)ncc(-c3ccc(N4CCC(N5CCN(C)CC5)CC4)c(OC)c3)c2nc1OC1CCC(O)C1. The average Bonchev–Trinajstić information content (AvgIpc) is 3.41. The van der Waals surface area contributed by atoms with Crippen LogP contribution in [-0.2, 0) is 6.42 Å². The van der Waals surface area contributed by atoms with E-state index in [4.69, 9.17) is 25.2 Å². The summed E-state index contributed by atoms with van der Waals surface area (Å²) in [4.78, 5) is 21.8. The second-order valence-electron chi connectivity index (χ2n) is 11.7. The van der Waals surface area contributed by atoms with Crippen molar-refractivity contribution in [2.75, 3.05) is 64.1 Å². The van der Waals surface area contributed by atoms with E-state index in [0.717, 1.165) is 80.1 Å². The highest BCUT2D eigenvalue weighted by molar-refractivity contribution is 5.97. The number of aliphatic hydroxyl groups excluding tert-OH is 1. The van der Waals surface area contributed by atoms with E-state index in [2.05, 4.69) is 44.9 Å². The Bertz CT molecular complexity index is 1370. The minimum absolute atomic E-state index is 0.0653. The molecule has 10 nitrogen and oxygen atoms in total. The van der Waals surface area contributed by atoms with Crippen LogP contribution in [0, 0.1) is 0 Å². The Morgan fingerprint density at radius 3 is 2.46 bits per heavy atom. The van der Waals surface area contributed by atoms with Crippen molar-refractivity contribution >= 4 is 22.5 Å². The van der Waals surface area contributed by atoms with Crippen molar-refractivity contribution in [1.29, 1.82) is 0 Å². The van der Waals surface area contributed by atoms with Crippen LogP contribution in [0.15, 0.2) is 24.4 Å². The predicted molar refractivity (Wildman–Crippen MR) is 162 cm³/mol. The van der Waals surface area contributed by atoms with Gasteiger partial charge in [-0.25, -0.2) is 15.0 Å². The minimum Gasteiger partial charge on any atom is -0.495 e. The molecule has 2 aromatic heterocycles. The second-order valence-corrected chi connectivity index (χ2v) is 11.7. The fourth-order valence-electron chi connectivity index (χ4n) is 6.56. The van der Waals surface area contributed by atoms with E-state index in [0.29, 0.717) is 41.6 Å². The van der Waals surface area contributed by atoms with Crippen molar-refractivity contribution in [2.24, 2.45) is 0 Å². The molecule has 3 aliphatic rings. The normalized spacial score (nSPS) is 22.9. The van der Waals surface area contributed by atoms with E-state index >= 15 is 0 Å². The van der Waals surface area contributed by atoms with Crippen LogP contribution in [0.3, 0.4) is 0 Å². The van der Waals surface area contributed by atoms with Gasteiger partial charge in [0.2, 0.25) is 5.88 Å². The zero-order valence-electron chi connectivity index (χ0n) is 24.6. The number of aryl methyl sites for hydroxylation is 1. The van der Waals surface area contributed by atoms with E-state index in [-0.39, 0.29) is 12.2 Å². The van der Waals surface area contributed by atoms with Gasteiger partial charge in [-0.1, -0.05) is 13.0 Å². The maximum atomic E-state index is 9.99. The molecule has 41 heavy (non-hydrogen) atoms. The number of pyridine rings is 1. The average molecular weight is 562 g/mol. The number of nitrogens with zero attached hydrogens (tertiary/aromatic N) is 6. The molecule has 3 fully saturated rings. The van der Waals surface area contributed by atoms with Gasteiger partial charge in [-0.3, -0.25) is 4.90 Å². The summed E-state index contributed by atoms with van der Waals surface area (Å²) in [5, 5.41) is 9.99. The highest BCUT2D eigenvalue weighted by Crippen LogP contribution is 2.38. The summed E-state index contributed by atoms with van der Waals surface area (Å²) < 4.78 is 12.2. The van der Waals surface area contributed by atoms with Crippen LogP contribution >= 0.6 is 0 Å². The molecule has 10 heteroatoms. The van der Waals surface area contributed by atoms with Crippen molar-refractivity contribution in [3.63, 3.8) is 0 Å². The number of piperidine rings is 1. The lowest BCUT2D eigenvalue weighted by molar-refractivity contribution is 0.0981. The van der Waals surface area contributed by atoms with Crippen molar-refractivity contribution < 1.29 is 14.6 Å². The number of ether oxygens (including phenoxy) is 2. The maximum Gasteiger partial charge on any atom is 0.236 e. The van der Waals surface area contributed by atoms with Gasteiger partial charge in [0, 0.05) is 63.5 Å². The molecule has 3 N–H and O–H groups in total. The Morgan fingerprint density at radius 2 is 1.78 bits per heavy atom. The van der Waals surface area contributed by atoms with Gasteiger partial charge >= 0.3 is 0 Å². The summed E-state index contributed by atoms with van der Waals surface area (Å²) in [6, 6.07) is 6.99. The second kappa shape index (κ2) is 12.0. The molecule has 0 radical (unpaired) electrons. The molecule has 2 unspecified atom stereocenters. The number of hydrogen-bond acceptors (Lipinski definition) is 10. The fraction of sp³-hybridized carbons (Fsp3) is 0.581. The largest absolute Gasteiger partial charge is 0.495 e. The third kappa shape index (κ3) is 5.78. The van der Waals surface area contributed by atoms with Crippen LogP contribution in [0.2, 0.25) is 0 Å². The van der Waals surface area contributed by atoms with Gasteiger partial charge in [0.05, 0.1) is 18.9 Å². The molecule has 2 atom stereocenters. The Kier molecular flexibility index (Phi) is 8.14. The highest BCUT2D eigenvalue weighted by Gasteiger charge is 2.29. The van der Waals surface area contributed by atoms with Crippen LogP contribution in [-0.4, -0.2) is 102 Å². The van der Waals surface area contributed by atoms with Crippen molar-refractivity contribution in [3.05, 3.63) is 30.1 Å². The fourth-order valence-corrected chi connectivity index (χ4v) is 6.56. The van der Waals surface area contributed by atoms with E-state index < -0.39 is 0 Å². The summed E-state index contributed by atoms with van der Waals surface area (Å²) in [5.74, 6) is 1.69. The van der Waals surface area contributed by atoms with Crippen LogP contribution in [0.5, 0.6) is 11.6 Å². The summed E-state index contributed by atoms with van der Waals surface area (Å²) in [7, 11) is 3.94. The number of benzene rings is 1. The van der Waals surface area contributed by atoms with E-state index in [1.54, 1.807) is 13.3 Å². The maximum absolute atomic E-state index is 9.99. The summed E-state index contributed by atoms with van der Waals surface area (Å²) >= 11 is 0. The van der Waals surface area contributed by atoms with Crippen LogP contribution < -0.4 is 20.1 Å². The molecule has 1 aliphatic carbocycles. The molecule has 220 valence electrons. The quantitative estimate of drug-likeness (QED) is 0.445. The van der Waals surface area contributed by atoms with E-state index in [1.165, 1.54) is 13.1 Å². The first-order chi connectivity index (χ1) is 19.9. The monoisotopic (exact) mass is 561 g/mol. The lowest BCUT2D eigenvalue weighted by Crippen LogP contribution is -2.52. The number of aliphatic hydroxyl groups is 1. The first kappa shape index (κ1) is 27.9. The number of nitrogens with two attached hydrogens (primary N) is 1. The van der Waals surface area contributed by atoms with Gasteiger partial charge in [0.25, 0.3) is 0 Å². The molecule has 1 saturated carbocycles. The van der Waals surface area contributed by atoms with Crippen molar-refractivity contribution in [3.8, 4) is 22.8 Å². The van der Waals surface area contributed by atoms with Gasteiger partial charge in [0.15, 0.2) is 5.82 Å².